The standard InChI is InChI=1S/C24H21BrN2O3S2/c1-4-30-23(29)20-14(2)26-24-27(21(20)16-8-10-18(31-3)11-9-16)22(28)19(32-24)13-15-6-5-7-17(25)12-15/h5-13,21H,4H2,1-3H3/b19-13-/t21-/m0/s1. The summed E-state index contributed by atoms with van der Waals surface area (Å²) in [5.74, 6) is -0.450. The van der Waals surface area contributed by atoms with Gasteiger partial charge in [0.15, 0.2) is 4.80 Å². The molecule has 32 heavy (non-hydrogen) atoms. The highest BCUT2D eigenvalue weighted by molar-refractivity contribution is 9.10. The summed E-state index contributed by atoms with van der Waals surface area (Å²) < 4.78 is 8.44. The molecule has 1 aromatic heterocycles. The Bertz CT molecular complexity index is 1390. The molecule has 0 radical (unpaired) electrons. The van der Waals surface area contributed by atoms with Gasteiger partial charge in [-0.3, -0.25) is 9.36 Å². The van der Waals surface area contributed by atoms with Gasteiger partial charge in [-0.25, -0.2) is 9.79 Å². The lowest BCUT2D eigenvalue weighted by Crippen LogP contribution is -2.39. The van der Waals surface area contributed by atoms with Gasteiger partial charge in [0.1, 0.15) is 0 Å². The van der Waals surface area contributed by atoms with Gasteiger partial charge in [-0.05, 0) is 61.6 Å². The number of aromatic nitrogens is 1. The third-order valence-electron chi connectivity index (χ3n) is 5.10. The fraction of sp³-hybridized carbons (Fsp3) is 0.208. The van der Waals surface area contributed by atoms with Crippen molar-refractivity contribution >= 4 is 51.1 Å². The second-order valence-corrected chi connectivity index (χ2v) is 9.93. The van der Waals surface area contributed by atoms with Crippen LogP contribution in [-0.2, 0) is 9.53 Å². The molecule has 0 saturated heterocycles. The van der Waals surface area contributed by atoms with Crippen LogP contribution in [0.3, 0.4) is 0 Å². The molecule has 8 heteroatoms. The molecule has 1 aliphatic heterocycles. The molecule has 0 spiro atoms. The number of fused-ring (bicyclic) bond motifs is 1. The molecular formula is C24H21BrN2O3S2. The molecule has 0 aliphatic carbocycles. The van der Waals surface area contributed by atoms with E-state index in [1.54, 1.807) is 30.2 Å². The van der Waals surface area contributed by atoms with Gasteiger partial charge in [0.25, 0.3) is 5.56 Å². The molecule has 0 N–H and O–H groups in total. The third-order valence-corrected chi connectivity index (χ3v) is 7.31. The van der Waals surface area contributed by atoms with E-state index in [1.165, 1.54) is 11.3 Å². The highest BCUT2D eigenvalue weighted by atomic mass is 79.9. The van der Waals surface area contributed by atoms with E-state index < -0.39 is 12.0 Å². The first-order valence-electron chi connectivity index (χ1n) is 10.0. The van der Waals surface area contributed by atoms with Crippen molar-refractivity contribution in [2.75, 3.05) is 12.9 Å². The second-order valence-electron chi connectivity index (χ2n) is 7.13. The quantitative estimate of drug-likeness (QED) is 0.366. The van der Waals surface area contributed by atoms with Gasteiger partial charge in [0, 0.05) is 9.37 Å². The van der Waals surface area contributed by atoms with E-state index in [0.717, 1.165) is 20.5 Å². The molecule has 2 aromatic carbocycles. The fourth-order valence-electron chi connectivity index (χ4n) is 3.64. The van der Waals surface area contributed by atoms with Crippen molar-refractivity contribution in [3.05, 3.63) is 95.1 Å². The van der Waals surface area contributed by atoms with Crippen LogP contribution in [0, 0.1) is 0 Å². The van der Waals surface area contributed by atoms with Gasteiger partial charge in [0.2, 0.25) is 0 Å². The Hall–Kier alpha value is -2.42. The maximum absolute atomic E-state index is 13.5. The summed E-state index contributed by atoms with van der Waals surface area (Å²) in [6.07, 6.45) is 3.86. The minimum atomic E-state index is -0.592. The van der Waals surface area contributed by atoms with E-state index in [0.29, 0.717) is 20.6 Å². The largest absolute Gasteiger partial charge is 0.463 e. The highest BCUT2D eigenvalue weighted by Crippen LogP contribution is 2.31. The van der Waals surface area contributed by atoms with Gasteiger partial charge in [-0.2, -0.15) is 0 Å². The highest BCUT2D eigenvalue weighted by Gasteiger charge is 2.33. The van der Waals surface area contributed by atoms with E-state index in [-0.39, 0.29) is 12.2 Å². The molecule has 4 rings (SSSR count). The summed E-state index contributed by atoms with van der Waals surface area (Å²) in [5.41, 5.74) is 2.53. The molecule has 0 saturated carbocycles. The van der Waals surface area contributed by atoms with E-state index >= 15 is 0 Å². The van der Waals surface area contributed by atoms with Crippen LogP contribution in [0.4, 0.5) is 0 Å². The first-order valence-corrected chi connectivity index (χ1v) is 12.9. The molecular weight excluding hydrogens is 508 g/mol. The molecule has 3 aromatic rings. The monoisotopic (exact) mass is 528 g/mol. The van der Waals surface area contributed by atoms with Crippen LogP contribution in [0.2, 0.25) is 0 Å². The van der Waals surface area contributed by atoms with Crippen LogP contribution in [0.1, 0.15) is 31.0 Å². The van der Waals surface area contributed by atoms with E-state index in [4.69, 9.17) is 4.74 Å². The first-order chi connectivity index (χ1) is 15.4. The van der Waals surface area contributed by atoms with Crippen LogP contribution >= 0.6 is 39.0 Å². The maximum atomic E-state index is 13.5. The molecule has 0 amide bonds. The van der Waals surface area contributed by atoms with Gasteiger partial charge < -0.3 is 4.74 Å². The Morgan fingerprint density at radius 2 is 2.03 bits per heavy atom. The summed E-state index contributed by atoms with van der Waals surface area (Å²) in [4.78, 5) is 32.7. The number of allylic oxidation sites excluding steroid dienone is 1. The van der Waals surface area contributed by atoms with Crippen LogP contribution in [-0.4, -0.2) is 23.4 Å². The zero-order valence-corrected chi connectivity index (χ0v) is 21.0. The second kappa shape index (κ2) is 9.60. The van der Waals surface area contributed by atoms with Crippen molar-refractivity contribution in [3.8, 4) is 0 Å². The van der Waals surface area contributed by atoms with E-state index in [9.17, 15) is 9.59 Å². The number of thiazole rings is 1. The van der Waals surface area contributed by atoms with E-state index in [2.05, 4.69) is 20.9 Å². The van der Waals surface area contributed by atoms with Crippen molar-refractivity contribution in [1.29, 1.82) is 0 Å². The van der Waals surface area contributed by atoms with Crippen LogP contribution < -0.4 is 14.9 Å². The average Bonchev–Trinajstić information content (AvgIpc) is 3.07. The number of hydrogen-bond acceptors (Lipinski definition) is 6. The van der Waals surface area contributed by atoms with Gasteiger partial charge in [-0.1, -0.05) is 51.5 Å². The summed E-state index contributed by atoms with van der Waals surface area (Å²) >= 11 is 6.43. The number of nitrogens with zero attached hydrogens (tertiary/aromatic N) is 2. The Morgan fingerprint density at radius 3 is 2.69 bits per heavy atom. The predicted octanol–water partition coefficient (Wildman–Crippen LogP) is 4.28. The molecule has 0 unspecified atom stereocenters. The van der Waals surface area contributed by atoms with Crippen molar-refractivity contribution in [3.63, 3.8) is 0 Å². The smallest absolute Gasteiger partial charge is 0.338 e. The molecule has 1 atom stereocenters. The molecule has 0 bridgehead atoms. The average molecular weight is 529 g/mol. The number of carbonyl (C=O) groups is 1. The zero-order valence-electron chi connectivity index (χ0n) is 17.8. The first kappa shape index (κ1) is 22.8. The van der Waals surface area contributed by atoms with Crippen LogP contribution in [0.25, 0.3) is 6.08 Å². The SMILES string of the molecule is CCOC(=O)C1=C(C)N=c2s/c(=C\c3cccc(Br)c3)c(=O)n2[C@H]1c1ccc(SC)cc1. The molecule has 0 fully saturated rings. The van der Waals surface area contributed by atoms with Crippen molar-refractivity contribution in [2.45, 2.75) is 24.8 Å². The lowest BCUT2D eigenvalue weighted by molar-refractivity contribution is -0.139. The number of carbonyl (C=O) groups excluding carboxylic acids is 1. The Balaban J connectivity index is 1.94. The van der Waals surface area contributed by atoms with Crippen molar-refractivity contribution < 1.29 is 9.53 Å². The number of rotatable bonds is 5. The minimum absolute atomic E-state index is 0.179. The number of esters is 1. The number of halogens is 1. The summed E-state index contributed by atoms with van der Waals surface area (Å²) in [6, 6.07) is 15.1. The fourth-order valence-corrected chi connectivity index (χ4v) is 5.51. The van der Waals surface area contributed by atoms with Gasteiger partial charge >= 0.3 is 5.97 Å². The number of ether oxygens (including phenoxy) is 1. The summed E-state index contributed by atoms with van der Waals surface area (Å²) in [7, 11) is 0. The summed E-state index contributed by atoms with van der Waals surface area (Å²) in [5, 5.41) is 0. The topological polar surface area (TPSA) is 60.7 Å². The minimum Gasteiger partial charge on any atom is -0.463 e. The molecule has 5 nitrogen and oxygen atoms in total. The Labute approximate surface area is 202 Å². The van der Waals surface area contributed by atoms with Crippen LogP contribution in [0.15, 0.2) is 79.0 Å². The predicted molar refractivity (Wildman–Crippen MR) is 133 cm³/mol. The normalized spacial score (nSPS) is 16.0. The van der Waals surface area contributed by atoms with Crippen LogP contribution in [0.5, 0.6) is 0 Å². The summed E-state index contributed by atoms with van der Waals surface area (Å²) in [6.45, 7) is 3.81. The Morgan fingerprint density at radius 1 is 1.28 bits per heavy atom. The molecule has 1 aliphatic rings. The Kier molecular flexibility index (Phi) is 6.83. The number of thioether (sulfide) groups is 1. The van der Waals surface area contributed by atoms with Crippen molar-refractivity contribution in [2.24, 2.45) is 4.99 Å². The zero-order chi connectivity index (χ0) is 22.8. The van der Waals surface area contributed by atoms with Gasteiger partial charge in [0.05, 0.1) is 28.5 Å². The number of benzene rings is 2. The molecule has 164 valence electrons. The van der Waals surface area contributed by atoms with Crippen molar-refractivity contribution in [1.82, 2.24) is 4.57 Å². The third kappa shape index (κ3) is 4.40. The molecule has 2 heterocycles. The lowest BCUT2D eigenvalue weighted by Gasteiger charge is -2.24. The number of hydrogen-bond donors (Lipinski definition) is 0. The van der Waals surface area contributed by atoms with E-state index in [1.807, 2.05) is 60.9 Å². The van der Waals surface area contributed by atoms with Gasteiger partial charge in [-0.15, -0.1) is 11.8 Å². The maximum Gasteiger partial charge on any atom is 0.338 e. The lowest BCUT2D eigenvalue weighted by atomic mass is 9.96.